The summed E-state index contributed by atoms with van der Waals surface area (Å²) in [6.07, 6.45) is 40.4. The third-order valence-electron chi connectivity index (χ3n) is 8.23. The largest absolute Gasteiger partial charge is 0.466 e. The van der Waals surface area contributed by atoms with E-state index < -0.39 is 0 Å². The molecule has 0 amide bonds. The molecule has 0 bridgehead atoms. The predicted molar refractivity (Wildman–Crippen MR) is 170 cm³/mol. The van der Waals surface area contributed by atoms with Gasteiger partial charge in [0.1, 0.15) is 0 Å². The summed E-state index contributed by atoms with van der Waals surface area (Å²) in [5.41, 5.74) is 0. The highest BCUT2D eigenvalue weighted by Crippen LogP contribution is 2.14. The molecule has 4 nitrogen and oxygen atoms in total. The standard InChI is InChI=1S/C36H66O4/c37-35-31-27-23-19-15-11-7-3-1-2-4-8-12-16-20-24-28-32-36(38)40-34-30-26-22-18-14-10-6-5-9-13-17-21-25-29-33-39-35/h1-2H,3-34H2. The van der Waals surface area contributed by atoms with E-state index in [4.69, 9.17) is 9.47 Å². The number of hydrogen-bond acceptors (Lipinski definition) is 4. The second kappa shape index (κ2) is 30.6. The van der Waals surface area contributed by atoms with Crippen molar-refractivity contribution in [1.82, 2.24) is 0 Å². The molecule has 0 aromatic heterocycles. The van der Waals surface area contributed by atoms with Crippen LogP contribution in [0.15, 0.2) is 12.2 Å². The van der Waals surface area contributed by atoms with Crippen molar-refractivity contribution in [3.63, 3.8) is 0 Å². The van der Waals surface area contributed by atoms with Crippen molar-refractivity contribution in [3.8, 4) is 0 Å². The molecule has 234 valence electrons. The third-order valence-corrected chi connectivity index (χ3v) is 8.23. The van der Waals surface area contributed by atoms with Crippen LogP contribution >= 0.6 is 0 Å². The van der Waals surface area contributed by atoms with E-state index in [0.29, 0.717) is 26.1 Å². The Kier molecular flexibility index (Phi) is 28.1. The molecule has 4 heteroatoms. The zero-order valence-corrected chi connectivity index (χ0v) is 26.4. The molecule has 1 heterocycles. The molecule has 0 unspecified atom stereocenters. The van der Waals surface area contributed by atoms with E-state index in [2.05, 4.69) is 12.2 Å². The van der Waals surface area contributed by atoms with Gasteiger partial charge >= 0.3 is 11.9 Å². The number of carbonyl (C=O) groups excluding carboxylic acids is 2. The maximum absolute atomic E-state index is 11.9. The molecule has 0 saturated carbocycles. The lowest BCUT2D eigenvalue weighted by Crippen LogP contribution is -2.05. The van der Waals surface area contributed by atoms with Gasteiger partial charge in [-0.3, -0.25) is 9.59 Å². The van der Waals surface area contributed by atoms with Crippen LogP contribution in [0.5, 0.6) is 0 Å². The van der Waals surface area contributed by atoms with Crippen LogP contribution in [0.25, 0.3) is 0 Å². The van der Waals surface area contributed by atoms with Crippen molar-refractivity contribution in [2.75, 3.05) is 13.2 Å². The lowest BCUT2D eigenvalue weighted by atomic mass is 10.0. The molecular weight excluding hydrogens is 496 g/mol. The number of hydrogen-bond donors (Lipinski definition) is 0. The van der Waals surface area contributed by atoms with Crippen LogP contribution in [0.2, 0.25) is 0 Å². The van der Waals surface area contributed by atoms with Crippen LogP contribution in [0, 0.1) is 0 Å². The van der Waals surface area contributed by atoms with Gasteiger partial charge in [0.2, 0.25) is 0 Å². The summed E-state index contributed by atoms with van der Waals surface area (Å²) in [7, 11) is 0. The fraction of sp³-hybridized carbons (Fsp3) is 0.889. The first-order valence-corrected chi connectivity index (χ1v) is 17.8. The molecule has 0 N–H and O–H groups in total. The highest BCUT2D eigenvalue weighted by Gasteiger charge is 2.04. The molecule has 0 saturated heterocycles. The average Bonchev–Trinajstić information content (AvgIpc) is 2.95. The molecule has 1 aliphatic rings. The highest BCUT2D eigenvalue weighted by molar-refractivity contribution is 5.69. The van der Waals surface area contributed by atoms with Crippen molar-refractivity contribution < 1.29 is 19.1 Å². The first-order valence-electron chi connectivity index (χ1n) is 17.8. The van der Waals surface area contributed by atoms with E-state index in [1.165, 1.54) is 141 Å². The van der Waals surface area contributed by atoms with Gasteiger partial charge in [0.25, 0.3) is 0 Å². The van der Waals surface area contributed by atoms with E-state index in [1.807, 2.05) is 0 Å². The molecular formula is C36H66O4. The van der Waals surface area contributed by atoms with Crippen molar-refractivity contribution in [3.05, 3.63) is 12.2 Å². The number of ether oxygens (including phenoxy) is 2. The Morgan fingerprint density at radius 3 is 0.900 bits per heavy atom. The first-order chi connectivity index (χ1) is 19.8. The van der Waals surface area contributed by atoms with Gasteiger partial charge in [0.15, 0.2) is 0 Å². The Balaban J connectivity index is 2.13. The van der Waals surface area contributed by atoms with Gasteiger partial charge in [0.05, 0.1) is 13.2 Å². The molecule has 0 spiro atoms. The number of carbonyl (C=O) groups is 2. The van der Waals surface area contributed by atoms with Crippen molar-refractivity contribution in [1.29, 1.82) is 0 Å². The molecule has 0 radical (unpaired) electrons. The van der Waals surface area contributed by atoms with Crippen molar-refractivity contribution in [2.45, 2.75) is 193 Å². The van der Waals surface area contributed by atoms with Gasteiger partial charge in [-0.2, -0.15) is 0 Å². The first kappa shape index (κ1) is 36.7. The van der Waals surface area contributed by atoms with Gasteiger partial charge in [0, 0.05) is 12.8 Å². The SMILES string of the molecule is O=C1CCCCCCCCC=CCCCCCCCCC(=O)OCCCCCCCCCCCCCCCCO1. The summed E-state index contributed by atoms with van der Waals surface area (Å²) < 4.78 is 10.9. The molecule has 0 aliphatic carbocycles. The fourth-order valence-electron chi connectivity index (χ4n) is 5.55. The Bertz CT molecular complexity index is 535. The quantitative estimate of drug-likeness (QED) is 0.218. The summed E-state index contributed by atoms with van der Waals surface area (Å²) in [6.45, 7) is 1.22. The maximum Gasteiger partial charge on any atom is 0.305 e. The Morgan fingerprint density at radius 1 is 0.325 bits per heavy atom. The molecule has 0 atom stereocenters. The monoisotopic (exact) mass is 562 g/mol. The van der Waals surface area contributed by atoms with Crippen LogP contribution < -0.4 is 0 Å². The van der Waals surface area contributed by atoms with Crippen LogP contribution in [0.4, 0.5) is 0 Å². The van der Waals surface area contributed by atoms with Crippen LogP contribution in [-0.2, 0) is 19.1 Å². The van der Waals surface area contributed by atoms with Crippen LogP contribution in [0.3, 0.4) is 0 Å². The van der Waals surface area contributed by atoms with E-state index in [0.717, 1.165) is 38.5 Å². The van der Waals surface area contributed by atoms with Gasteiger partial charge < -0.3 is 9.47 Å². The van der Waals surface area contributed by atoms with Crippen molar-refractivity contribution in [2.24, 2.45) is 0 Å². The summed E-state index contributed by atoms with van der Waals surface area (Å²) in [5.74, 6) is 0.00891. The van der Waals surface area contributed by atoms with E-state index in [1.54, 1.807) is 0 Å². The zero-order chi connectivity index (χ0) is 28.6. The maximum atomic E-state index is 11.9. The summed E-state index contributed by atoms with van der Waals surface area (Å²) in [5, 5.41) is 0. The Hall–Kier alpha value is -1.32. The lowest BCUT2D eigenvalue weighted by Gasteiger charge is -2.06. The lowest BCUT2D eigenvalue weighted by molar-refractivity contribution is -0.144. The second-order valence-corrected chi connectivity index (χ2v) is 12.2. The van der Waals surface area contributed by atoms with E-state index in [-0.39, 0.29) is 11.9 Å². The smallest absolute Gasteiger partial charge is 0.305 e. The minimum absolute atomic E-state index is 0.00445. The average molecular weight is 563 g/mol. The molecule has 1 aliphatic heterocycles. The summed E-state index contributed by atoms with van der Waals surface area (Å²) in [6, 6.07) is 0. The van der Waals surface area contributed by atoms with Gasteiger partial charge in [-0.25, -0.2) is 0 Å². The highest BCUT2D eigenvalue weighted by atomic mass is 16.5. The van der Waals surface area contributed by atoms with Gasteiger partial charge in [-0.15, -0.1) is 0 Å². The molecule has 40 heavy (non-hydrogen) atoms. The Labute approximate surface area is 248 Å². The van der Waals surface area contributed by atoms with E-state index in [9.17, 15) is 9.59 Å². The molecule has 0 aromatic carbocycles. The predicted octanol–water partition coefficient (Wildman–Crippen LogP) is 11.3. The number of allylic oxidation sites excluding steroid dienone is 2. The Morgan fingerprint density at radius 2 is 0.575 bits per heavy atom. The second-order valence-electron chi connectivity index (χ2n) is 12.2. The number of esters is 2. The molecule has 1 rings (SSSR count). The summed E-state index contributed by atoms with van der Waals surface area (Å²) in [4.78, 5) is 23.8. The fourth-order valence-corrected chi connectivity index (χ4v) is 5.55. The van der Waals surface area contributed by atoms with Crippen LogP contribution in [0.1, 0.15) is 193 Å². The number of rotatable bonds is 0. The zero-order valence-electron chi connectivity index (χ0n) is 26.4. The van der Waals surface area contributed by atoms with Gasteiger partial charge in [-0.1, -0.05) is 141 Å². The topological polar surface area (TPSA) is 52.6 Å². The van der Waals surface area contributed by atoms with Crippen LogP contribution in [-0.4, -0.2) is 25.2 Å². The molecule has 0 fully saturated rings. The minimum Gasteiger partial charge on any atom is -0.466 e. The van der Waals surface area contributed by atoms with Crippen molar-refractivity contribution >= 4 is 11.9 Å². The molecule has 0 aromatic rings. The van der Waals surface area contributed by atoms with Gasteiger partial charge in [-0.05, 0) is 51.4 Å². The normalized spacial score (nSPS) is 22.7. The minimum atomic E-state index is 0.00445. The third kappa shape index (κ3) is 28.2. The number of cyclic esters (lactones) is 2. The van der Waals surface area contributed by atoms with E-state index >= 15 is 0 Å². The summed E-state index contributed by atoms with van der Waals surface area (Å²) >= 11 is 0.